The molecular weight excluding hydrogens is 172 g/mol. The highest BCUT2D eigenvalue weighted by Gasteiger charge is 2.03. The van der Waals surface area contributed by atoms with Crippen LogP contribution in [0, 0.1) is 20.8 Å². The molecule has 0 aliphatic heterocycles. The van der Waals surface area contributed by atoms with E-state index in [1.54, 1.807) is 0 Å². The maximum Gasteiger partial charge on any atom is 0.0102 e. The molecule has 0 atom stereocenters. The lowest BCUT2D eigenvalue weighted by molar-refractivity contribution is 1.11. The van der Waals surface area contributed by atoms with E-state index in [-0.39, 0.29) is 0 Å². The van der Waals surface area contributed by atoms with Crippen molar-refractivity contribution >= 4 is 25.3 Å². The Morgan fingerprint density at radius 3 is 2.09 bits per heavy atom. The highest BCUT2D eigenvalue weighted by atomic mass is 32.1. The third kappa shape index (κ3) is 1.57. The van der Waals surface area contributed by atoms with Crippen LogP contribution in [0.15, 0.2) is 15.9 Å². The Morgan fingerprint density at radius 1 is 1.00 bits per heavy atom. The van der Waals surface area contributed by atoms with Crippen LogP contribution in [0.3, 0.4) is 0 Å². The zero-order valence-electron chi connectivity index (χ0n) is 6.97. The van der Waals surface area contributed by atoms with Gasteiger partial charge in [0.1, 0.15) is 0 Å². The Hall–Kier alpha value is -0.0800. The summed E-state index contributed by atoms with van der Waals surface area (Å²) in [4.78, 5) is 2.14. The summed E-state index contributed by atoms with van der Waals surface area (Å²) in [5.74, 6) is 0. The van der Waals surface area contributed by atoms with Crippen molar-refractivity contribution in [2.75, 3.05) is 0 Å². The minimum atomic E-state index is 1.05. The highest BCUT2D eigenvalue weighted by Crippen LogP contribution is 2.26. The van der Waals surface area contributed by atoms with Gasteiger partial charge < -0.3 is 0 Å². The van der Waals surface area contributed by atoms with Crippen molar-refractivity contribution in [3.8, 4) is 0 Å². The van der Waals surface area contributed by atoms with E-state index in [1.165, 1.54) is 16.7 Å². The number of aryl methyl sites for hydroxylation is 1. The second-order valence-corrected chi connectivity index (χ2v) is 3.74. The lowest BCUT2D eigenvalue weighted by Gasteiger charge is -2.09. The molecule has 1 aromatic rings. The molecular formula is C9H12S2. The van der Waals surface area contributed by atoms with Crippen LogP contribution in [0.4, 0.5) is 0 Å². The Morgan fingerprint density at radius 2 is 1.55 bits per heavy atom. The van der Waals surface area contributed by atoms with E-state index in [9.17, 15) is 0 Å². The quantitative estimate of drug-likeness (QED) is 0.568. The second-order valence-electron chi connectivity index (χ2n) is 2.81. The fourth-order valence-corrected chi connectivity index (χ4v) is 1.64. The van der Waals surface area contributed by atoms with Gasteiger partial charge in [0.25, 0.3) is 0 Å². The van der Waals surface area contributed by atoms with E-state index in [0.717, 1.165) is 9.79 Å². The third-order valence-electron chi connectivity index (χ3n) is 2.03. The molecule has 0 N–H and O–H groups in total. The Balaban J connectivity index is 3.46. The van der Waals surface area contributed by atoms with E-state index in [0.29, 0.717) is 0 Å². The average Bonchev–Trinajstić information content (AvgIpc) is 1.97. The molecule has 0 aromatic heterocycles. The van der Waals surface area contributed by atoms with E-state index in [1.807, 2.05) is 6.07 Å². The number of benzene rings is 1. The smallest absolute Gasteiger partial charge is 0.0102 e. The molecule has 60 valence electrons. The maximum absolute atomic E-state index is 4.39. The molecule has 0 aliphatic rings. The summed E-state index contributed by atoms with van der Waals surface area (Å²) >= 11 is 8.74. The number of thiol groups is 2. The number of hydrogen-bond donors (Lipinski definition) is 2. The predicted octanol–water partition coefficient (Wildman–Crippen LogP) is 3.19. The first-order valence-electron chi connectivity index (χ1n) is 3.52. The summed E-state index contributed by atoms with van der Waals surface area (Å²) in [5.41, 5.74) is 3.66. The normalized spacial score (nSPS) is 10.3. The van der Waals surface area contributed by atoms with Crippen LogP contribution < -0.4 is 0 Å². The summed E-state index contributed by atoms with van der Waals surface area (Å²) in [5, 5.41) is 0. The van der Waals surface area contributed by atoms with Gasteiger partial charge in [-0.25, -0.2) is 0 Å². The molecule has 0 nitrogen and oxygen atoms in total. The largest absolute Gasteiger partial charge is 0.143 e. The van der Waals surface area contributed by atoms with Crippen molar-refractivity contribution in [1.82, 2.24) is 0 Å². The van der Waals surface area contributed by atoms with Gasteiger partial charge in [-0.05, 0) is 43.5 Å². The van der Waals surface area contributed by atoms with Crippen LogP contribution in [0.5, 0.6) is 0 Å². The molecule has 0 fully saturated rings. The van der Waals surface area contributed by atoms with Gasteiger partial charge in [0.05, 0.1) is 0 Å². The molecule has 0 amide bonds. The zero-order valence-corrected chi connectivity index (χ0v) is 8.76. The molecule has 1 rings (SSSR count). The van der Waals surface area contributed by atoms with Crippen molar-refractivity contribution in [3.63, 3.8) is 0 Å². The van der Waals surface area contributed by atoms with Gasteiger partial charge in [0, 0.05) is 9.79 Å². The van der Waals surface area contributed by atoms with Crippen molar-refractivity contribution in [1.29, 1.82) is 0 Å². The minimum Gasteiger partial charge on any atom is -0.143 e. The first-order chi connectivity index (χ1) is 5.04. The standard InChI is InChI=1S/C9H12S2/c1-5-4-8(10)6(2)7(3)9(5)11/h4,10-11H,1-3H3. The highest BCUT2D eigenvalue weighted by molar-refractivity contribution is 7.80. The van der Waals surface area contributed by atoms with Gasteiger partial charge >= 0.3 is 0 Å². The van der Waals surface area contributed by atoms with Gasteiger partial charge in [0.2, 0.25) is 0 Å². The molecule has 2 heteroatoms. The van der Waals surface area contributed by atoms with Crippen molar-refractivity contribution in [3.05, 3.63) is 22.8 Å². The van der Waals surface area contributed by atoms with E-state index >= 15 is 0 Å². The van der Waals surface area contributed by atoms with Crippen LogP contribution in [0.1, 0.15) is 16.7 Å². The molecule has 0 aliphatic carbocycles. The van der Waals surface area contributed by atoms with Crippen LogP contribution in [-0.4, -0.2) is 0 Å². The van der Waals surface area contributed by atoms with Crippen LogP contribution in [0.25, 0.3) is 0 Å². The number of rotatable bonds is 0. The van der Waals surface area contributed by atoms with Crippen molar-refractivity contribution in [2.24, 2.45) is 0 Å². The van der Waals surface area contributed by atoms with Crippen LogP contribution in [-0.2, 0) is 0 Å². The van der Waals surface area contributed by atoms with Crippen molar-refractivity contribution < 1.29 is 0 Å². The summed E-state index contributed by atoms with van der Waals surface area (Å²) in [6, 6.07) is 2.05. The summed E-state index contributed by atoms with van der Waals surface area (Å²) < 4.78 is 0. The molecule has 0 saturated heterocycles. The van der Waals surface area contributed by atoms with Gasteiger partial charge in [-0.15, -0.1) is 25.3 Å². The first kappa shape index (κ1) is 9.01. The minimum absolute atomic E-state index is 1.05. The Labute approximate surface area is 78.8 Å². The molecule has 0 unspecified atom stereocenters. The molecule has 0 bridgehead atoms. The number of hydrogen-bond acceptors (Lipinski definition) is 2. The predicted molar refractivity (Wildman–Crippen MR) is 55.2 cm³/mol. The summed E-state index contributed by atoms with van der Waals surface area (Å²) in [6.07, 6.45) is 0. The van der Waals surface area contributed by atoms with Crippen LogP contribution in [0.2, 0.25) is 0 Å². The molecule has 0 saturated carbocycles. The van der Waals surface area contributed by atoms with Gasteiger partial charge in [-0.2, -0.15) is 0 Å². The fourth-order valence-electron chi connectivity index (χ4n) is 1.05. The fraction of sp³-hybridized carbons (Fsp3) is 0.333. The first-order valence-corrected chi connectivity index (χ1v) is 4.42. The molecule has 0 spiro atoms. The van der Waals surface area contributed by atoms with Gasteiger partial charge in [-0.1, -0.05) is 0 Å². The Kier molecular flexibility index (Phi) is 2.55. The summed E-state index contributed by atoms with van der Waals surface area (Å²) in [6.45, 7) is 6.19. The maximum atomic E-state index is 4.39. The third-order valence-corrected chi connectivity index (χ3v) is 3.18. The monoisotopic (exact) mass is 184 g/mol. The zero-order chi connectivity index (χ0) is 8.59. The second kappa shape index (κ2) is 3.11. The lowest BCUT2D eigenvalue weighted by Crippen LogP contribution is -1.88. The summed E-state index contributed by atoms with van der Waals surface area (Å²) in [7, 11) is 0. The topological polar surface area (TPSA) is 0 Å². The lowest BCUT2D eigenvalue weighted by atomic mass is 10.1. The molecule has 0 radical (unpaired) electrons. The Bertz CT molecular complexity index is 264. The van der Waals surface area contributed by atoms with E-state index in [4.69, 9.17) is 0 Å². The molecule has 0 heterocycles. The van der Waals surface area contributed by atoms with Gasteiger partial charge in [-0.3, -0.25) is 0 Å². The molecule has 11 heavy (non-hydrogen) atoms. The van der Waals surface area contributed by atoms with Crippen molar-refractivity contribution in [2.45, 2.75) is 30.6 Å². The van der Waals surface area contributed by atoms with Gasteiger partial charge in [0.15, 0.2) is 0 Å². The SMILES string of the molecule is Cc1cc(S)c(C)c(C)c1S. The van der Waals surface area contributed by atoms with E-state index < -0.39 is 0 Å². The average molecular weight is 184 g/mol. The molecule has 1 aromatic carbocycles. The van der Waals surface area contributed by atoms with E-state index in [2.05, 4.69) is 46.0 Å². The van der Waals surface area contributed by atoms with Crippen LogP contribution >= 0.6 is 25.3 Å².